The van der Waals surface area contributed by atoms with Crippen LogP contribution in [0, 0.1) is 0 Å². The van der Waals surface area contributed by atoms with Gasteiger partial charge >= 0.3 is 0 Å². The van der Waals surface area contributed by atoms with Gasteiger partial charge in [0.25, 0.3) is 11.7 Å². The van der Waals surface area contributed by atoms with Gasteiger partial charge < -0.3 is 24.2 Å². The highest BCUT2D eigenvalue weighted by atomic mass is 16.5. The SMILES string of the molecule is CCOc1ccc(C2/C(=C(\O)c3ccc4c(c3)CC(C)O4)C(=O)C(=O)N2CCC[n+]2cc[nH]c2)cc1OCC. The molecule has 2 N–H and O–H groups in total. The number of aromatic nitrogens is 2. The Morgan fingerprint density at radius 2 is 1.92 bits per heavy atom. The third-order valence-corrected chi connectivity index (χ3v) is 7.01. The van der Waals surface area contributed by atoms with Crippen molar-refractivity contribution in [3.63, 3.8) is 0 Å². The van der Waals surface area contributed by atoms with Crippen LogP contribution in [-0.4, -0.2) is 52.5 Å². The molecule has 2 unspecified atom stereocenters. The van der Waals surface area contributed by atoms with Crippen LogP contribution in [-0.2, 0) is 22.6 Å². The van der Waals surface area contributed by atoms with Gasteiger partial charge in [-0.15, -0.1) is 0 Å². The molecular formula is C30H34N3O6+. The van der Waals surface area contributed by atoms with Crippen molar-refractivity contribution in [2.75, 3.05) is 19.8 Å². The summed E-state index contributed by atoms with van der Waals surface area (Å²) in [6, 6.07) is 9.99. The number of fused-ring (bicyclic) bond motifs is 1. The molecule has 0 aliphatic carbocycles. The fourth-order valence-electron chi connectivity index (χ4n) is 5.30. The maximum Gasteiger partial charge on any atom is 0.295 e. The molecule has 1 aromatic heterocycles. The molecule has 1 saturated heterocycles. The smallest absolute Gasteiger partial charge is 0.295 e. The largest absolute Gasteiger partial charge is 0.507 e. The van der Waals surface area contributed by atoms with Gasteiger partial charge in [-0.1, -0.05) is 6.07 Å². The summed E-state index contributed by atoms with van der Waals surface area (Å²) in [7, 11) is 0. The number of amides is 1. The van der Waals surface area contributed by atoms with E-state index in [1.165, 1.54) is 0 Å². The molecule has 0 bridgehead atoms. The van der Waals surface area contributed by atoms with Crippen LogP contribution in [0.25, 0.3) is 5.76 Å². The van der Waals surface area contributed by atoms with Gasteiger partial charge in [-0.3, -0.25) is 14.6 Å². The summed E-state index contributed by atoms with van der Waals surface area (Å²) in [6.45, 7) is 7.64. The van der Waals surface area contributed by atoms with Crippen LogP contribution in [0.1, 0.15) is 49.9 Å². The first kappa shape index (κ1) is 26.3. The molecule has 2 atom stereocenters. The van der Waals surface area contributed by atoms with Gasteiger partial charge in [-0.25, -0.2) is 4.57 Å². The summed E-state index contributed by atoms with van der Waals surface area (Å²) in [4.78, 5) is 31.4. The lowest BCUT2D eigenvalue weighted by atomic mass is 9.94. The highest BCUT2D eigenvalue weighted by molar-refractivity contribution is 6.46. The molecular weight excluding hydrogens is 498 g/mol. The lowest BCUT2D eigenvalue weighted by Gasteiger charge is -2.26. The van der Waals surface area contributed by atoms with Gasteiger partial charge in [0, 0.05) is 24.9 Å². The number of aryl methyl sites for hydroxylation is 1. The van der Waals surface area contributed by atoms with E-state index in [2.05, 4.69) is 4.98 Å². The zero-order valence-corrected chi connectivity index (χ0v) is 22.5. The van der Waals surface area contributed by atoms with Crippen molar-refractivity contribution in [1.29, 1.82) is 0 Å². The van der Waals surface area contributed by atoms with Crippen molar-refractivity contribution in [2.45, 2.75) is 52.3 Å². The molecule has 39 heavy (non-hydrogen) atoms. The average Bonchev–Trinajstić information content (AvgIpc) is 3.63. The Balaban J connectivity index is 1.57. The molecule has 3 heterocycles. The number of rotatable bonds is 10. The maximum absolute atomic E-state index is 13.5. The fourth-order valence-corrected chi connectivity index (χ4v) is 5.30. The molecule has 2 aromatic carbocycles. The summed E-state index contributed by atoms with van der Waals surface area (Å²) in [5, 5.41) is 11.5. The number of aliphatic hydroxyl groups is 1. The van der Waals surface area contributed by atoms with Crippen LogP contribution in [0.3, 0.4) is 0 Å². The van der Waals surface area contributed by atoms with Gasteiger partial charge in [0.05, 0.1) is 31.4 Å². The number of carbonyl (C=O) groups excluding carboxylic acids is 2. The number of hydrogen-bond acceptors (Lipinski definition) is 6. The number of hydrogen-bond donors (Lipinski definition) is 2. The number of aromatic amines is 1. The first-order chi connectivity index (χ1) is 18.9. The van der Waals surface area contributed by atoms with Gasteiger partial charge in [0.1, 0.15) is 30.0 Å². The topological polar surface area (TPSA) is 105 Å². The van der Waals surface area contributed by atoms with Crippen LogP contribution in [0.15, 0.2) is 60.7 Å². The number of nitrogens with zero attached hydrogens (tertiary/aromatic N) is 2. The molecule has 1 amide bonds. The second kappa shape index (κ2) is 11.2. The van der Waals surface area contributed by atoms with Gasteiger partial charge in [-0.05, 0) is 62.2 Å². The molecule has 0 radical (unpaired) electrons. The quantitative estimate of drug-likeness (QED) is 0.177. The van der Waals surface area contributed by atoms with E-state index in [0.717, 1.165) is 11.3 Å². The van der Waals surface area contributed by atoms with Crippen molar-refractivity contribution >= 4 is 17.4 Å². The predicted molar refractivity (Wildman–Crippen MR) is 144 cm³/mol. The number of nitrogens with one attached hydrogen (secondary N) is 1. The molecule has 9 heteroatoms. The average molecular weight is 533 g/mol. The standard InChI is InChI=1S/C30H33N3O6/c1-4-37-24-10-7-20(17-25(24)38-5-2)27-26(28(34)21-8-9-23-22(16-21)15-19(3)39-23)29(35)30(36)33(27)13-6-12-32-14-11-31-18-32/h7-11,14,16-19,27H,4-6,12-13,15H2,1-3H3,(H,34,35)/p+1. The molecule has 5 rings (SSSR count). The number of imidazole rings is 1. The van der Waals surface area contributed by atoms with E-state index in [1.54, 1.807) is 29.2 Å². The number of carbonyl (C=O) groups is 2. The Bertz CT molecular complexity index is 1400. The molecule has 2 aliphatic heterocycles. The molecule has 9 nitrogen and oxygen atoms in total. The number of likely N-dealkylation sites (tertiary alicyclic amines) is 1. The van der Waals surface area contributed by atoms with E-state index in [4.69, 9.17) is 14.2 Å². The summed E-state index contributed by atoms with van der Waals surface area (Å²) in [5.74, 6) is 0.334. The number of ether oxygens (including phenoxy) is 3. The molecule has 2 aliphatic rings. The highest BCUT2D eigenvalue weighted by Gasteiger charge is 2.46. The molecule has 204 valence electrons. The van der Waals surface area contributed by atoms with Gasteiger partial charge in [0.2, 0.25) is 6.33 Å². The Hall–Kier alpha value is -4.27. The lowest BCUT2D eigenvalue weighted by molar-refractivity contribution is -0.695. The third kappa shape index (κ3) is 5.21. The zero-order chi connectivity index (χ0) is 27.5. The van der Waals surface area contributed by atoms with Crippen molar-refractivity contribution in [2.24, 2.45) is 0 Å². The first-order valence-corrected chi connectivity index (χ1v) is 13.4. The van der Waals surface area contributed by atoms with Crippen molar-refractivity contribution in [3.8, 4) is 17.2 Å². The van der Waals surface area contributed by atoms with Crippen LogP contribution in [0.2, 0.25) is 0 Å². The van der Waals surface area contributed by atoms with E-state index in [1.807, 2.05) is 56.2 Å². The predicted octanol–water partition coefficient (Wildman–Crippen LogP) is 3.94. The number of benzene rings is 2. The van der Waals surface area contributed by atoms with Gasteiger partial charge in [0.15, 0.2) is 11.5 Å². The molecule has 3 aromatic rings. The van der Waals surface area contributed by atoms with E-state index in [9.17, 15) is 14.7 Å². The summed E-state index contributed by atoms with van der Waals surface area (Å²) in [5.41, 5.74) is 2.16. The van der Waals surface area contributed by atoms with Gasteiger partial charge in [-0.2, -0.15) is 0 Å². The van der Waals surface area contributed by atoms with Crippen LogP contribution < -0.4 is 18.8 Å². The number of Topliss-reactive ketones (excluding diaryl/α,β-unsaturated/α-hetero) is 1. The Morgan fingerprint density at radius 3 is 2.67 bits per heavy atom. The Morgan fingerprint density at radius 1 is 1.13 bits per heavy atom. The van der Waals surface area contributed by atoms with E-state index < -0.39 is 17.7 Å². The normalized spacial score (nSPS) is 19.7. The van der Waals surface area contributed by atoms with Crippen molar-refractivity contribution < 1.29 is 33.5 Å². The van der Waals surface area contributed by atoms with E-state index in [-0.39, 0.29) is 17.4 Å². The third-order valence-electron chi connectivity index (χ3n) is 7.01. The van der Waals surface area contributed by atoms with Crippen LogP contribution >= 0.6 is 0 Å². The summed E-state index contributed by atoms with van der Waals surface area (Å²) in [6.07, 6.45) is 6.94. The lowest BCUT2D eigenvalue weighted by Crippen LogP contribution is -2.36. The minimum atomic E-state index is -0.778. The Labute approximate surface area is 227 Å². The van der Waals surface area contributed by atoms with Crippen molar-refractivity contribution in [1.82, 2.24) is 9.88 Å². The first-order valence-electron chi connectivity index (χ1n) is 13.4. The minimum absolute atomic E-state index is 0.0433. The monoisotopic (exact) mass is 532 g/mol. The summed E-state index contributed by atoms with van der Waals surface area (Å²) < 4.78 is 19.3. The summed E-state index contributed by atoms with van der Waals surface area (Å²) >= 11 is 0. The second-order valence-corrected chi connectivity index (χ2v) is 9.72. The van der Waals surface area contributed by atoms with Crippen molar-refractivity contribution in [3.05, 3.63) is 77.4 Å². The number of H-pyrrole nitrogens is 1. The minimum Gasteiger partial charge on any atom is -0.507 e. The maximum atomic E-state index is 13.5. The zero-order valence-electron chi connectivity index (χ0n) is 22.5. The number of aliphatic hydroxyl groups excluding tert-OH is 1. The van der Waals surface area contributed by atoms with Crippen LogP contribution in [0.4, 0.5) is 0 Å². The molecule has 1 fully saturated rings. The van der Waals surface area contributed by atoms with Crippen LogP contribution in [0.5, 0.6) is 17.2 Å². The molecule has 0 spiro atoms. The van der Waals surface area contributed by atoms with E-state index >= 15 is 0 Å². The molecule has 0 saturated carbocycles. The van der Waals surface area contributed by atoms with E-state index in [0.29, 0.717) is 61.8 Å². The second-order valence-electron chi connectivity index (χ2n) is 9.72. The fraction of sp³-hybridized carbons (Fsp3) is 0.367. The Kier molecular flexibility index (Phi) is 7.58. The number of ketones is 1. The highest BCUT2D eigenvalue weighted by Crippen LogP contribution is 2.43.